The summed E-state index contributed by atoms with van der Waals surface area (Å²) in [7, 11) is -2.21. The number of hydrogen-bond acceptors (Lipinski definition) is 7. The number of nitrogens with one attached hydrogen (secondary N) is 1. The maximum absolute atomic E-state index is 12.0. The lowest BCUT2D eigenvalue weighted by atomic mass is 10.1. The fourth-order valence-electron chi connectivity index (χ4n) is 3.15. The highest BCUT2D eigenvalue weighted by molar-refractivity contribution is 7.89. The first-order chi connectivity index (χ1) is 16.3. The van der Waals surface area contributed by atoms with Crippen LogP contribution in [0.3, 0.4) is 0 Å². The number of carboxylic acids is 1. The molecule has 0 bridgehead atoms. The van der Waals surface area contributed by atoms with Crippen molar-refractivity contribution in [2.45, 2.75) is 23.8 Å². The second-order valence-electron chi connectivity index (χ2n) is 7.30. The Hall–Kier alpha value is -3.76. The molecule has 2 N–H and O–H groups in total. The van der Waals surface area contributed by atoms with Gasteiger partial charge in [0, 0.05) is 12.4 Å². The molecule has 3 rings (SSSR count). The minimum absolute atomic E-state index is 0.0332. The third kappa shape index (κ3) is 6.87. The highest BCUT2D eigenvalue weighted by Gasteiger charge is 2.21. The number of carboxylic acid groups (broad SMARTS) is 1. The Balaban J connectivity index is 1.66. The third-order valence-electron chi connectivity index (χ3n) is 4.96. The lowest BCUT2D eigenvalue weighted by Crippen LogP contribution is -2.29. The van der Waals surface area contributed by atoms with Crippen LogP contribution >= 0.6 is 0 Å². The topological polar surface area (TPSA) is 132 Å². The number of pyridine rings is 1. The number of sulfonamides is 1. The van der Waals surface area contributed by atoms with Crippen molar-refractivity contribution < 1.29 is 32.6 Å². The Morgan fingerprint density at radius 1 is 1.06 bits per heavy atom. The highest BCUT2D eigenvalue weighted by Crippen LogP contribution is 2.25. The quantitative estimate of drug-likeness (QED) is 0.332. The predicted molar refractivity (Wildman–Crippen MR) is 124 cm³/mol. The van der Waals surface area contributed by atoms with Gasteiger partial charge >= 0.3 is 11.9 Å². The number of carbonyl (C=O) groups is 2. The molecule has 1 atom stereocenters. The Morgan fingerprint density at radius 3 is 2.47 bits per heavy atom. The van der Waals surface area contributed by atoms with Crippen molar-refractivity contribution in [1.29, 1.82) is 0 Å². The maximum atomic E-state index is 12.0. The van der Waals surface area contributed by atoms with Gasteiger partial charge in [-0.25, -0.2) is 22.7 Å². The second kappa shape index (κ2) is 11.4. The molecule has 3 aromatic rings. The molecule has 0 aliphatic heterocycles. The van der Waals surface area contributed by atoms with Crippen molar-refractivity contribution in [2.75, 3.05) is 13.7 Å². The molecule has 178 valence electrons. The third-order valence-corrected chi connectivity index (χ3v) is 6.37. The average Bonchev–Trinajstić information content (AvgIpc) is 2.86. The molecule has 0 aliphatic rings. The van der Waals surface area contributed by atoms with E-state index in [-0.39, 0.29) is 11.5 Å². The highest BCUT2D eigenvalue weighted by atomic mass is 32.2. The van der Waals surface area contributed by atoms with Crippen LogP contribution in [-0.2, 0) is 30.8 Å². The van der Waals surface area contributed by atoms with E-state index in [1.807, 2.05) is 6.07 Å². The SMILES string of the molecule is CNS(=O)(=O)c1cccc(-c2ccc(OC[C@@H](CCc3cccnc3)OC(=O)C(=O)O)cc2)c1. The average molecular weight is 485 g/mol. The molecule has 10 heteroatoms. The van der Waals surface area contributed by atoms with Gasteiger partial charge in [-0.15, -0.1) is 0 Å². The summed E-state index contributed by atoms with van der Waals surface area (Å²) in [6.45, 7) is -0.0332. The predicted octanol–water partition coefficient (Wildman–Crippen LogP) is 2.66. The number of aryl methyl sites for hydroxylation is 1. The summed E-state index contributed by atoms with van der Waals surface area (Å²) < 4.78 is 37.2. The fraction of sp³-hybridized carbons (Fsp3) is 0.208. The summed E-state index contributed by atoms with van der Waals surface area (Å²) in [5.41, 5.74) is 2.42. The lowest BCUT2D eigenvalue weighted by Gasteiger charge is -2.18. The van der Waals surface area contributed by atoms with Crippen LogP contribution in [0.4, 0.5) is 0 Å². The van der Waals surface area contributed by atoms with E-state index >= 15 is 0 Å². The van der Waals surface area contributed by atoms with E-state index < -0.39 is 28.1 Å². The largest absolute Gasteiger partial charge is 0.490 e. The molecule has 0 spiro atoms. The van der Waals surface area contributed by atoms with Crippen LogP contribution in [0.2, 0.25) is 0 Å². The van der Waals surface area contributed by atoms with E-state index in [2.05, 4.69) is 9.71 Å². The molecule has 9 nitrogen and oxygen atoms in total. The van der Waals surface area contributed by atoms with Crippen LogP contribution in [0.15, 0.2) is 78.0 Å². The number of benzene rings is 2. The van der Waals surface area contributed by atoms with E-state index in [0.29, 0.717) is 24.2 Å². The van der Waals surface area contributed by atoms with E-state index in [4.69, 9.17) is 14.6 Å². The Morgan fingerprint density at radius 2 is 1.82 bits per heavy atom. The van der Waals surface area contributed by atoms with Crippen molar-refractivity contribution in [2.24, 2.45) is 0 Å². The molecular weight excluding hydrogens is 460 g/mol. The summed E-state index contributed by atoms with van der Waals surface area (Å²) in [5, 5.41) is 8.86. The van der Waals surface area contributed by atoms with Gasteiger partial charge in [-0.3, -0.25) is 4.98 Å². The zero-order valence-corrected chi connectivity index (χ0v) is 19.2. The molecule has 0 fully saturated rings. The van der Waals surface area contributed by atoms with Gasteiger partial charge in [0.05, 0.1) is 4.90 Å². The van der Waals surface area contributed by atoms with Gasteiger partial charge < -0.3 is 14.6 Å². The van der Waals surface area contributed by atoms with E-state index in [1.165, 1.54) is 13.1 Å². The van der Waals surface area contributed by atoms with E-state index in [1.54, 1.807) is 60.9 Å². The van der Waals surface area contributed by atoms with E-state index in [0.717, 1.165) is 11.1 Å². The number of carbonyl (C=O) groups excluding carboxylic acids is 1. The standard InChI is InChI=1S/C24H24N2O7S/c1-25-34(30,31)22-6-2-5-19(14-22)18-8-11-20(12-9-18)32-16-21(33-24(29)23(27)28)10-7-17-4-3-13-26-15-17/h2-6,8-9,11-15,21,25H,7,10,16H2,1H3,(H,27,28)/t21-/m1/s1. The van der Waals surface area contributed by atoms with Gasteiger partial charge in [-0.1, -0.05) is 30.3 Å². The number of rotatable bonds is 10. The smallest absolute Gasteiger partial charge is 0.417 e. The minimum Gasteiger partial charge on any atom is -0.490 e. The minimum atomic E-state index is -3.56. The summed E-state index contributed by atoms with van der Waals surface area (Å²) in [4.78, 5) is 26.6. The van der Waals surface area contributed by atoms with Crippen molar-refractivity contribution in [3.63, 3.8) is 0 Å². The van der Waals surface area contributed by atoms with Crippen molar-refractivity contribution in [3.05, 3.63) is 78.6 Å². The van der Waals surface area contributed by atoms with E-state index in [9.17, 15) is 18.0 Å². The molecule has 1 heterocycles. The molecule has 0 saturated carbocycles. The first-order valence-corrected chi connectivity index (χ1v) is 11.9. The summed E-state index contributed by atoms with van der Waals surface area (Å²) in [5.74, 6) is -2.52. The van der Waals surface area contributed by atoms with Crippen molar-refractivity contribution >= 4 is 22.0 Å². The number of hydrogen-bond donors (Lipinski definition) is 2. The summed E-state index contributed by atoms with van der Waals surface area (Å²) in [6.07, 6.45) is 3.45. The van der Waals surface area contributed by atoms with Gasteiger partial charge in [0.25, 0.3) is 0 Å². The normalized spacial score (nSPS) is 12.0. The van der Waals surface area contributed by atoms with Crippen LogP contribution in [0.25, 0.3) is 11.1 Å². The number of esters is 1. The van der Waals surface area contributed by atoms with Gasteiger partial charge in [-0.05, 0) is 66.9 Å². The molecule has 0 amide bonds. The number of nitrogens with zero attached hydrogens (tertiary/aromatic N) is 1. The van der Waals surface area contributed by atoms with Gasteiger partial charge in [0.1, 0.15) is 18.5 Å². The monoisotopic (exact) mass is 484 g/mol. The van der Waals surface area contributed by atoms with Gasteiger partial charge in [-0.2, -0.15) is 0 Å². The lowest BCUT2D eigenvalue weighted by molar-refractivity contribution is -0.168. The molecule has 0 unspecified atom stereocenters. The van der Waals surface area contributed by atoms with Crippen molar-refractivity contribution in [3.8, 4) is 16.9 Å². The number of ether oxygens (including phenoxy) is 2. The van der Waals surface area contributed by atoms with Crippen LogP contribution < -0.4 is 9.46 Å². The zero-order valence-electron chi connectivity index (χ0n) is 18.4. The molecule has 0 saturated heterocycles. The molecular formula is C24H24N2O7S. The fourth-order valence-corrected chi connectivity index (χ4v) is 3.92. The van der Waals surface area contributed by atoms with Crippen LogP contribution in [-0.4, -0.2) is 50.2 Å². The summed E-state index contributed by atoms with van der Waals surface area (Å²) >= 11 is 0. The molecule has 2 aromatic carbocycles. The molecule has 34 heavy (non-hydrogen) atoms. The van der Waals surface area contributed by atoms with Crippen LogP contribution in [0.5, 0.6) is 5.75 Å². The van der Waals surface area contributed by atoms with Gasteiger partial charge in [0.15, 0.2) is 0 Å². The molecule has 0 aliphatic carbocycles. The van der Waals surface area contributed by atoms with Crippen LogP contribution in [0, 0.1) is 0 Å². The first kappa shape index (κ1) is 24.9. The number of aliphatic carboxylic acids is 1. The zero-order chi connectivity index (χ0) is 24.6. The maximum Gasteiger partial charge on any atom is 0.417 e. The first-order valence-electron chi connectivity index (χ1n) is 10.4. The van der Waals surface area contributed by atoms with Gasteiger partial charge in [0.2, 0.25) is 10.0 Å². The Labute approximate surface area is 197 Å². The molecule has 1 aromatic heterocycles. The van der Waals surface area contributed by atoms with Crippen molar-refractivity contribution in [1.82, 2.24) is 9.71 Å². The Bertz CT molecular complexity index is 1230. The van der Waals surface area contributed by atoms with Crippen LogP contribution in [0.1, 0.15) is 12.0 Å². The Kier molecular flexibility index (Phi) is 8.34. The molecule has 0 radical (unpaired) electrons. The number of aromatic nitrogens is 1. The second-order valence-corrected chi connectivity index (χ2v) is 9.19. The summed E-state index contributed by atoms with van der Waals surface area (Å²) in [6, 6.07) is 17.1.